The molecule has 20 heavy (non-hydrogen) atoms. The summed E-state index contributed by atoms with van der Waals surface area (Å²) < 4.78 is 2.12. The molecule has 2 rings (SSSR count). The number of nitrogens with one attached hydrogen (secondary N) is 1. The van der Waals surface area contributed by atoms with Crippen molar-refractivity contribution in [2.75, 3.05) is 25.4 Å². The summed E-state index contributed by atoms with van der Waals surface area (Å²) in [6, 6.07) is 0.0719. The van der Waals surface area contributed by atoms with Gasteiger partial charge in [0.2, 0.25) is 0 Å². The van der Waals surface area contributed by atoms with Crippen molar-refractivity contribution in [1.29, 1.82) is 0 Å². The zero-order valence-electron chi connectivity index (χ0n) is 12.2. The molecule has 0 aromatic carbocycles. The SMILES string of the molecule is CC1(C)CN(C(=O)NCCCCn2cnnc2)CCS1. The molecule has 0 spiro atoms. The van der Waals surface area contributed by atoms with Crippen LogP contribution in [0.15, 0.2) is 12.7 Å². The molecule has 112 valence electrons. The zero-order valence-corrected chi connectivity index (χ0v) is 13.0. The van der Waals surface area contributed by atoms with Crippen molar-refractivity contribution in [3.8, 4) is 0 Å². The number of carbonyl (C=O) groups is 1. The second-order valence-corrected chi connectivity index (χ2v) is 7.47. The molecule has 1 N–H and O–H groups in total. The van der Waals surface area contributed by atoms with Crippen LogP contribution >= 0.6 is 11.8 Å². The summed E-state index contributed by atoms with van der Waals surface area (Å²) in [5.41, 5.74) is 0. The Bertz CT molecular complexity index is 420. The molecule has 1 aromatic heterocycles. The zero-order chi connectivity index (χ0) is 14.4. The monoisotopic (exact) mass is 297 g/mol. The Hall–Kier alpha value is -1.24. The predicted molar refractivity (Wildman–Crippen MR) is 80.8 cm³/mol. The molecule has 7 heteroatoms. The molecule has 2 heterocycles. The normalized spacial score (nSPS) is 18.0. The van der Waals surface area contributed by atoms with Gasteiger partial charge in [-0.3, -0.25) is 0 Å². The fraction of sp³-hybridized carbons (Fsp3) is 0.769. The maximum absolute atomic E-state index is 12.1. The van der Waals surface area contributed by atoms with Crippen molar-refractivity contribution in [3.05, 3.63) is 12.7 Å². The van der Waals surface area contributed by atoms with Gasteiger partial charge < -0.3 is 14.8 Å². The molecule has 0 saturated carbocycles. The van der Waals surface area contributed by atoms with Gasteiger partial charge in [-0.2, -0.15) is 11.8 Å². The minimum atomic E-state index is 0.0719. The Morgan fingerprint density at radius 2 is 2.10 bits per heavy atom. The molecule has 0 atom stereocenters. The van der Waals surface area contributed by atoms with E-state index >= 15 is 0 Å². The number of hydrogen-bond donors (Lipinski definition) is 1. The Balaban J connectivity index is 1.60. The van der Waals surface area contributed by atoms with E-state index in [4.69, 9.17) is 0 Å². The summed E-state index contributed by atoms with van der Waals surface area (Å²) >= 11 is 1.94. The summed E-state index contributed by atoms with van der Waals surface area (Å²) in [7, 11) is 0. The lowest BCUT2D eigenvalue weighted by Crippen LogP contribution is -2.50. The Kier molecular flexibility index (Phi) is 5.28. The molecule has 1 aromatic rings. The van der Waals surface area contributed by atoms with E-state index < -0.39 is 0 Å². The standard InChI is InChI=1S/C13H23N5OS/c1-13(2)9-18(7-8-20-13)12(19)14-5-3-4-6-17-10-15-16-11-17/h10-11H,3-9H2,1-2H3,(H,14,19). The quantitative estimate of drug-likeness (QED) is 0.839. The molecular formula is C13H23N5OS. The number of nitrogens with zero attached hydrogens (tertiary/aromatic N) is 4. The van der Waals surface area contributed by atoms with Crippen molar-refractivity contribution >= 4 is 17.8 Å². The topological polar surface area (TPSA) is 63.1 Å². The van der Waals surface area contributed by atoms with Crippen molar-refractivity contribution in [2.24, 2.45) is 0 Å². The van der Waals surface area contributed by atoms with E-state index in [1.807, 2.05) is 21.2 Å². The van der Waals surface area contributed by atoms with Crippen molar-refractivity contribution < 1.29 is 4.79 Å². The average molecular weight is 297 g/mol. The molecule has 1 saturated heterocycles. The van der Waals surface area contributed by atoms with E-state index in [-0.39, 0.29) is 10.8 Å². The summed E-state index contributed by atoms with van der Waals surface area (Å²) in [4.78, 5) is 14.0. The molecule has 2 amide bonds. The van der Waals surface area contributed by atoms with Gasteiger partial charge in [0.25, 0.3) is 0 Å². The summed E-state index contributed by atoms with van der Waals surface area (Å²) in [5, 5.41) is 10.5. The van der Waals surface area contributed by atoms with Crippen LogP contribution in [0, 0.1) is 0 Å². The van der Waals surface area contributed by atoms with Crippen LogP contribution in [0.4, 0.5) is 4.79 Å². The first-order chi connectivity index (χ1) is 9.57. The van der Waals surface area contributed by atoms with Gasteiger partial charge in [-0.1, -0.05) is 0 Å². The minimum absolute atomic E-state index is 0.0719. The fourth-order valence-corrected chi connectivity index (χ4v) is 3.37. The highest BCUT2D eigenvalue weighted by atomic mass is 32.2. The molecule has 0 aliphatic carbocycles. The van der Waals surface area contributed by atoms with Gasteiger partial charge in [-0.05, 0) is 26.7 Å². The van der Waals surface area contributed by atoms with E-state index in [1.54, 1.807) is 12.7 Å². The fourth-order valence-electron chi connectivity index (χ4n) is 2.25. The number of aryl methyl sites for hydroxylation is 1. The van der Waals surface area contributed by atoms with E-state index in [9.17, 15) is 4.79 Å². The number of hydrogen-bond acceptors (Lipinski definition) is 4. The lowest BCUT2D eigenvalue weighted by atomic mass is 10.2. The number of unbranched alkanes of at least 4 members (excludes halogenated alkanes) is 1. The molecular weight excluding hydrogens is 274 g/mol. The highest BCUT2D eigenvalue weighted by Crippen LogP contribution is 2.29. The van der Waals surface area contributed by atoms with Crippen LogP contribution in [0.5, 0.6) is 0 Å². The van der Waals surface area contributed by atoms with Crippen LogP contribution in [0.2, 0.25) is 0 Å². The third-order valence-electron chi connectivity index (χ3n) is 3.30. The van der Waals surface area contributed by atoms with E-state index in [1.165, 1.54) is 0 Å². The van der Waals surface area contributed by atoms with Crippen molar-refractivity contribution in [1.82, 2.24) is 25.0 Å². The Labute approximate surface area is 124 Å². The molecule has 1 aliphatic rings. The lowest BCUT2D eigenvalue weighted by Gasteiger charge is -2.37. The number of carbonyl (C=O) groups excluding carboxylic acids is 1. The largest absolute Gasteiger partial charge is 0.338 e. The Morgan fingerprint density at radius 3 is 2.80 bits per heavy atom. The van der Waals surface area contributed by atoms with E-state index in [0.29, 0.717) is 0 Å². The number of aromatic nitrogens is 3. The predicted octanol–water partition coefficient (Wildman–Crippen LogP) is 1.60. The first-order valence-electron chi connectivity index (χ1n) is 7.06. The number of urea groups is 1. The number of rotatable bonds is 5. The van der Waals surface area contributed by atoms with Gasteiger partial charge in [0.1, 0.15) is 12.7 Å². The molecule has 0 bridgehead atoms. The van der Waals surface area contributed by atoms with Crippen molar-refractivity contribution in [2.45, 2.75) is 38.0 Å². The van der Waals surface area contributed by atoms with Crippen LogP contribution in [0.25, 0.3) is 0 Å². The summed E-state index contributed by atoms with van der Waals surface area (Å²) in [5.74, 6) is 1.02. The molecule has 1 aliphatic heterocycles. The van der Waals surface area contributed by atoms with Crippen LogP contribution in [0.3, 0.4) is 0 Å². The van der Waals surface area contributed by atoms with Gasteiger partial charge in [-0.15, -0.1) is 10.2 Å². The first kappa shape index (κ1) is 15.2. The first-order valence-corrected chi connectivity index (χ1v) is 8.04. The number of thioether (sulfide) groups is 1. The lowest BCUT2D eigenvalue weighted by molar-refractivity contribution is 0.194. The van der Waals surface area contributed by atoms with Crippen LogP contribution in [-0.4, -0.2) is 55.8 Å². The third-order valence-corrected chi connectivity index (χ3v) is 4.60. The van der Waals surface area contributed by atoms with Gasteiger partial charge in [0, 0.05) is 36.7 Å². The van der Waals surface area contributed by atoms with Gasteiger partial charge >= 0.3 is 6.03 Å². The van der Waals surface area contributed by atoms with Crippen molar-refractivity contribution in [3.63, 3.8) is 0 Å². The summed E-state index contributed by atoms with van der Waals surface area (Å²) in [6.45, 7) is 7.68. The average Bonchev–Trinajstić information content (AvgIpc) is 2.90. The number of amides is 2. The maximum Gasteiger partial charge on any atom is 0.317 e. The maximum atomic E-state index is 12.1. The van der Waals surface area contributed by atoms with E-state index in [0.717, 1.165) is 44.8 Å². The molecule has 0 radical (unpaired) electrons. The second kappa shape index (κ2) is 6.97. The van der Waals surface area contributed by atoms with Crippen LogP contribution < -0.4 is 5.32 Å². The third kappa shape index (κ3) is 4.70. The van der Waals surface area contributed by atoms with Gasteiger partial charge in [0.05, 0.1) is 0 Å². The van der Waals surface area contributed by atoms with Gasteiger partial charge in [-0.25, -0.2) is 4.79 Å². The molecule has 0 unspecified atom stereocenters. The highest BCUT2D eigenvalue weighted by Gasteiger charge is 2.29. The Morgan fingerprint density at radius 1 is 1.35 bits per heavy atom. The van der Waals surface area contributed by atoms with Crippen LogP contribution in [-0.2, 0) is 6.54 Å². The smallest absolute Gasteiger partial charge is 0.317 e. The highest BCUT2D eigenvalue weighted by molar-refractivity contribution is 8.00. The second-order valence-electron chi connectivity index (χ2n) is 5.67. The van der Waals surface area contributed by atoms with Crippen LogP contribution in [0.1, 0.15) is 26.7 Å². The van der Waals surface area contributed by atoms with Gasteiger partial charge in [0.15, 0.2) is 0 Å². The summed E-state index contributed by atoms with van der Waals surface area (Å²) in [6.07, 6.45) is 5.41. The molecule has 1 fully saturated rings. The molecule has 6 nitrogen and oxygen atoms in total. The van der Waals surface area contributed by atoms with E-state index in [2.05, 4.69) is 29.4 Å². The minimum Gasteiger partial charge on any atom is -0.338 e.